The molecule has 116 valence electrons. The normalized spacial score (nSPS) is 23.9. The zero-order valence-corrected chi connectivity index (χ0v) is 12.8. The van der Waals surface area contributed by atoms with Gasteiger partial charge in [-0.05, 0) is 43.9 Å². The second-order valence-corrected chi connectivity index (χ2v) is 7.47. The van der Waals surface area contributed by atoms with Crippen LogP contribution in [0.25, 0.3) is 0 Å². The quantitative estimate of drug-likeness (QED) is 0.888. The maximum Gasteiger partial charge on any atom is 0.339 e. The fourth-order valence-electron chi connectivity index (χ4n) is 2.73. The summed E-state index contributed by atoms with van der Waals surface area (Å²) in [6, 6.07) is 3.23. The molecule has 2 rings (SSSR count). The van der Waals surface area contributed by atoms with E-state index < -0.39 is 27.3 Å². The van der Waals surface area contributed by atoms with E-state index in [2.05, 4.69) is 6.92 Å². The molecule has 2 unspecified atom stereocenters. The summed E-state index contributed by atoms with van der Waals surface area (Å²) in [4.78, 5) is 10.9. The number of sulfonamides is 1. The van der Waals surface area contributed by atoms with Gasteiger partial charge in [0.1, 0.15) is 11.3 Å². The molecule has 21 heavy (non-hydrogen) atoms. The van der Waals surface area contributed by atoms with E-state index >= 15 is 0 Å². The fraction of sp³-hybridized carbons (Fsp3) is 0.500. The van der Waals surface area contributed by atoms with E-state index in [4.69, 9.17) is 5.11 Å². The smallest absolute Gasteiger partial charge is 0.339 e. The molecular formula is C14H19NO5S. The van der Waals surface area contributed by atoms with Crippen molar-refractivity contribution in [3.63, 3.8) is 0 Å². The van der Waals surface area contributed by atoms with Gasteiger partial charge in [0.15, 0.2) is 0 Å². The summed E-state index contributed by atoms with van der Waals surface area (Å²) in [5.74, 6) is -1.33. The predicted octanol–water partition coefficient (Wildman–Crippen LogP) is 1.90. The molecule has 0 spiro atoms. The first-order valence-electron chi connectivity index (χ1n) is 6.81. The van der Waals surface area contributed by atoms with Crippen LogP contribution in [-0.4, -0.2) is 41.5 Å². The second kappa shape index (κ2) is 5.65. The summed E-state index contributed by atoms with van der Waals surface area (Å²) in [5, 5.41) is 18.5. The molecule has 0 aromatic heterocycles. The molecule has 0 bridgehead atoms. The van der Waals surface area contributed by atoms with Crippen LogP contribution in [0.2, 0.25) is 0 Å². The second-order valence-electron chi connectivity index (χ2n) is 5.58. The molecule has 2 atom stereocenters. The zero-order valence-electron chi connectivity index (χ0n) is 12.0. The first-order chi connectivity index (χ1) is 9.73. The molecule has 1 aromatic carbocycles. The number of piperidine rings is 1. The van der Waals surface area contributed by atoms with E-state index in [-0.39, 0.29) is 10.9 Å². The number of aromatic carboxylic acids is 1. The van der Waals surface area contributed by atoms with Crippen LogP contribution in [0.1, 0.15) is 37.0 Å². The van der Waals surface area contributed by atoms with E-state index in [1.807, 2.05) is 6.92 Å². The maximum atomic E-state index is 12.6. The lowest BCUT2D eigenvalue weighted by Gasteiger charge is -2.35. The number of benzene rings is 1. The molecule has 0 amide bonds. The number of hydrogen-bond donors (Lipinski definition) is 2. The molecule has 1 saturated heterocycles. The molecule has 2 N–H and O–H groups in total. The molecule has 1 aliphatic heterocycles. The Hall–Kier alpha value is -1.60. The standard InChI is InChI=1S/C14H19NO5S/c1-9-5-6-15(10(2)7-9)21(19,20)11-3-4-13(16)12(8-11)14(17)18/h3-4,8-10,16H,5-7H2,1-2H3,(H,17,18). The van der Waals surface area contributed by atoms with Gasteiger partial charge in [-0.2, -0.15) is 4.31 Å². The Kier molecular flexibility index (Phi) is 4.25. The predicted molar refractivity (Wildman–Crippen MR) is 76.8 cm³/mol. The van der Waals surface area contributed by atoms with Crippen LogP contribution in [0.3, 0.4) is 0 Å². The van der Waals surface area contributed by atoms with Gasteiger partial charge in [0.25, 0.3) is 0 Å². The third-order valence-corrected chi connectivity index (χ3v) is 5.89. The van der Waals surface area contributed by atoms with E-state index in [0.717, 1.165) is 25.0 Å². The summed E-state index contributed by atoms with van der Waals surface area (Å²) in [7, 11) is -3.75. The van der Waals surface area contributed by atoms with Crippen molar-refractivity contribution in [3.8, 4) is 5.75 Å². The Labute approximate surface area is 124 Å². The third kappa shape index (κ3) is 3.03. The Balaban J connectivity index is 2.40. The van der Waals surface area contributed by atoms with Crippen molar-refractivity contribution < 1.29 is 23.4 Å². The van der Waals surface area contributed by atoms with Crippen molar-refractivity contribution in [1.29, 1.82) is 0 Å². The number of carboxylic acid groups (broad SMARTS) is 1. The van der Waals surface area contributed by atoms with Crippen molar-refractivity contribution in [3.05, 3.63) is 23.8 Å². The van der Waals surface area contributed by atoms with E-state index in [1.54, 1.807) is 0 Å². The molecule has 0 aliphatic carbocycles. The molecule has 1 heterocycles. The van der Waals surface area contributed by atoms with Crippen molar-refractivity contribution in [2.75, 3.05) is 6.54 Å². The number of rotatable bonds is 3. The van der Waals surface area contributed by atoms with Crippen molar-refractivity contribution in [2.24, 2.45) is 5.92 Å². The van der Waals surface area contributed by atoms with Gasteiger partial charge in [-0.25, -0.2) is 13.2 Å². The molecule has 0 saturated carbocycles. The minimum absolute atomic E-state index is 0.0981. The summed E-state index contributed by atoms with van der Waals surface area (Å²) in [6.07, 6.45) is 1.57. The van der Waals surface area contributed by atoms with E-state index in [1.165, 1.54) is 10.4 Å². The highest BCUT2D eigenvalue weighted by Gasteiger charge is 2.33. The number of hydrogen-bond acceptors (Lipinski definition) is 4. The minimum Gasteiger partial charge on any atom is -0.507 e. The van der Waals surface area contributed by atoms with Gasteiger partial charge in [-0.15, -0.1) is 0 Å². The van der Waals surface area contributed by atoms with Crippen LogP contribution >= 0.6 is 0 Å². The molecule has 0 radical (unpaired) electrons. The number of carboxylic acids is 1. The highest BCUT2D eigenvalue weighted by atomic mass is 32.2. The summed E-state index contributed by atoms with van der Waals surface area (Å²) in [6.45, 7) is 4.36. The average molecular weight is 313 g/mol. The van der Waals surface area contributed by atoms with Crippen molar-refractivity contribution in [1.82, 2.24) is 4.31 Å². The monoisotopic (exact) mass is 313 g/mol. The number of nitrogens with zero attached hydrogens (tertiary/aromatic N) is 1. The molecule has 6 nitrogen and oxygen atoms in total. The highest BCUT2D eigenvalue weighted by Crippen LogP contribution is 2.30. The van der Waals surface area contributed by atoms with Crippen molar-refractivity contribution in [2.45, 2.75) is 37.6 Å². The maximum absolute atomic E-state index is 12.6. The van der Waals surface area contributed by atoms with E-state index in [9.17, 15) is 18.3 Å². The van der Waals surface area contributed by atoms with E-state index in [0.29, 0.717) is 12.5 Å². The molecule has 1 aromatic rings. The van der Waals surface area contributed by atoms with Crippen LogP contribution in [0, 0.1) is 5.92 Å². The number of phenols is 1. The Bertz CT molecular complexity index is 655. The van der Waals surface area contributed by atoms with Gasteiger partial charge in [0, 0.05) is 12.6 Å². The average Bonchev–Trinajstić information content (AvgIpc) is 2.38. The van der Waals surface area contributed by atoms with Gasteiger partial charge in [-0.1, -0.05) is 6.92 Å². The molecule has 1 aliphatic rings. The molecular weight excluding hydrogens is 294 g/mol. The first kappa shape index (κ1) is 15.8. The Morgan fingerprint density at radius 2 is 2.00 bits per heavy atom. The first-order valence-corrected chi connectivity index (χ1v) is 8.25. The van der Waals surface area contributed by atoms with Gasteiger partial charge in [0.05, 0.1) is 4.90 Å². The molecule has 7 heteroatoms. The van der Waals surface area contributed by atoms with Gasteiger partial charge in [0.2, 0.25) is 10.0 Å². The largest absolute Gasteiger partial charge is 0.507 e. The summed E-state index contributed by atoms with van der Waals surface area (Å²) >= 11 is 0. The number of aromatic hydroxyl groups is 1. The Morgan fingerprint density at radius 1 is 1.33 bits per heavy atom. The minimum atomic E-state index is -3.75. The lowest BCUT2D eigenvalue weighted by molar-refractivity contribution is 0.0693. The fourth-order valence-corrected chi connectivity index (χ4v) is 4.41. The van der Waals surface area contributed by atoms with Gasteiger partial charge in [-0.3, -0.25) is 0 Å². The zero-order chi connectivity index (χ0) is 15.8. The lowest BCUT2D eigenvalue weighted by atomic mass is 9.95. The number of carbonyl (C=O) groups is 1. The van der Waals surface area contributed by atoms with Crippen LogP contribution in [0.4, 0.5) is 0 Å². The summed E-state index contributed by atoms with van der Waals surface area (Å²) < 4.78 is 26.7. The van der Waals surface area contributed by atoms with Crippen LogP contribution in [-0.2, 0) is 10.0 Å². The SMILES string of the molecule is CC1CCN(S(=O)(=O)c2ccc(O)c(C(=O)O)c2)C(C)C1. The van der Waals surface area contributed by atoms with Gasteiger partial charge < -0.3 is 10.2 Å². The van der Waals surface area contributed by atoms with Crippen LogP contribution in [0.15, 0.2) is 23.1 Å². The molecule has 1 fully saturated rings. The highest BCUT2D eigenvalue weighted by molar-refractivity contribution is 7.89. The van der Waals surface area contributed by atoms with Crippen LogP contribution < -0.4 is 0 Å². The van der Waals surface area contributed by atoms with Gasteiger partial charge >= 0.3 is 5.97 Å². The lowest BCUT2D eigenvalue weighted by Crippen LogP contribution is -2.44. The Morgan fingerprint density at radius 3 is 2.57 bits per heavy atom. The topological polar surface area (TPSA) is 94.9 Å². The summed E-state index contributed by atoms with van der Waals surface area (Å²) in [5.41, 5.74) is -0.408. The third-order valence-electron chi connectivity index (χ3n) is 3.88. The van der Waals surface area contributed by atoms with Crippen LogP contribution in [0.5, 0.6) is 5.75 Å². The van der Waals surface area contributed by atoms with Crippen molar-refractivity contribution >= 4 is 16.0 Å².